The molecule has 1 amide bonds. The number of amidine groups is 1. The van der Waals surface area contributed by atoms with Crippen LogP contribution in [0.1, 0.15) is 24.8 Å². The van der Waals surface area contributed by atoms with Crippen molar-refractivity contribution in [3.63, 3.8) is 0 Å². The van der Waals surface area contributed by atoms with Crippen molar-refractivity contribution in [1.82, 2.24) is 0 Å². The van der Waals surface area contributed by atoms with E-state index in [1.165, 1.54) is 0 Å². The summed E-state index contributed by atoms with van der Waals surface area (Å²) in [5, 5.41) is 6.83. The van der Waals surface area contributed by atoms with Crippen molar-refractivity contribution in [1.29, 1.82) is 0 Å². The Labute approximate surface area is 168 Å². The number of nitrogens with zero attached hydrogens (tertiary/aromatic N) is 1. The number of anilines is 1. The number of carbonyl (C=O) groups excluding carboxylic acids is 1. The summed E-state index contributed by atoms with van der Waals surface area (Å²) < 4.78 is 16.2. The van der Waals surface area contributed by atoms with Gasteiger partial charge in [0.25, 0.3) is 0 Å². The molecule has 0 bridgehead atoms. The number of fused-ring (bicyclic) bond motifs is 1. The summed E-state index contributed by atoms with van der Waals surface area (Å²) in [7, 11) is 0. The Bertz CT molecular complexity index is 911. The number of oxime groups is 1. The van der Waals surface area contributed by atoms with Gasteiger partial charge in [-0.3, -0.25) is 4.79 Å². The van der Waals surface area contributed by atoms with Crippen molar-refractivity contribution in [3.05, 3.63) is 48.0 Å². The van der Waals surface area contributed by atoms with Gasteiger partial charge in [-0.05, 0) is 37.1 Å². The molecule has 0 radical (unpaired) electrons. The number of benzene rings is 2. The summed E-state index contributed by atoms with van der Waals surface area (Å²) in [4.78, 5) is 17.1. The van der Waals surface area contributed by atoms with Crippen LogP contribution < -0.4 is 25.3 Å². The standard InChI is InChI=1S/C21H23N3O5/c22-20(15-3-1-4-16(11-15)23-21(25)14-5-6-14)24-29-10-2-9-26-17-7-8-18-19(12-17)28-13-27-18/h1,3-4,7-8,11-12,14H,2,5-6,9-10,13H2,(H2,22,24)(H,23,25). The zero-order chi connectivity index (χ0) is 20.1. The largest absolute Gasteiger partial charge is 0.493 e. The summed E-state index contributed by atoms with van der Waals surface area (Å²) in [5.74, 6) is 2.57. The van der Waals surface area contributed by atoms with E-state index in [4.69, 9.17) is 24.8 Å². The van der Waals surface area contributed by atoms with Gasteiger partial charge in [0.2, 0.25) is 12.7 Å². The highest BCUT2D eigenvalue weighted by molar-refractivity contribution is 5.99. The van der Waals surface area contributed by atoms with Gasteiger partial charge in [-0.25, -0.2) is 0 Å². The molecule has 1 aliphatic heterocycles. The SMILES string of the molecule is N/C(=N\OCCCOc1ccc2c(c1)OCO2)c1cccc(NC(=O)C2CC2)c1. The van der Waals surface area contributed by atoms with E-state index in [2.05, 4.69) is 10.5 Å². The zero-order valence-electron chi connectivity index (χ0n) is 15.9. The second-order valence-corrected chi connectivity index (χ2v) is 6.87. The van der Waals surface area contributed by atoms with Crippen LogP contribution in [-0.4, -0.2) is 31.7 Å². The van der Waals surface area contributed by atoms with Crippen molar-refractivity contribution < 1.29 is 23.8 Å². The molecule has 2 aromatic carbocycles. The lowest BCUT2D eigenvalue weighted by molar-refractivity contribution is -0.117. The molecule has 1 saturated carbocycles. The fourth-order valence-electron chi connectivity index (χ4n) is 2.79. The van der Waals surface area contributed by atoms with Crippen LogP contribution in [0.5, 0.6) is 17.2 Å². The van der Waals surface area contributed by atoms with Crippen molar-refractivity contribution in [3.8, 4) is 17.2 Å². The molecule has 0 spiro atoms. The van der Waals surface area contributed by atoms with Gasteiger partial charge in [0, 0.05) is 29.7 Å². The third kappa shape index (κ3) is 5.10. The van der Waals surface area contributed by atoms with Gasteiger partial charge in [0.05, 0.1) is 6.61 Å². The van der Waals surface area contributed by atoms with Crippen molar-refractivity contribution in [2.24, 2.45) is 16.8 Å². The second-order valence-electron chi connectivity index (χ2n) is 6.87. The van der Waals surface area contributed by atoms with Crippen molar-refractivity contribution in [2.45, 2.75) is 19.3 Å². The average Bonchev–Trinajstić information content (AvgIpc) is 3.48. The van der Waals surface area contributed by atoms with Crippen LogP contribution in [0.3, 0.4) is 0 Å². The Balaban J connectivity index is 1.19. The number of amides is 1. The minimum atomic E-state index is 0.0522. The normalized spacial score (nSPS) is 15.1. The van der Waals surface area contributed by atoms with Gasteiger partial charge in [-0.15, -0.1) is 0 Å². The first-order valence-electron chi connectivity index (χ1n) is 9.58. The maximum absolute atomic E-state index is 11.9. The fourth-order valence-corrected chi connectivity index (χ4v) is 2.79. The summed E-state index contributed by atoms with van der Waals surface area (Å²) in [6, 6.07) is 12.7. The van der Waals surface area contributed by atoms with E-state index >= 15 is 0 Å². The molecular formula is C21H23N3O5. The molecule has 0 atom stereocenters. The number of rotatable bonds is 9. The Morgan fingerprint density at radius 3 is 2.86 bits per heavy atom. The van der Waals surface area contributed by atoms with Gasteiger partial charge in [0.1, 0.15) is 12.4 Å². The van der Waals surface area contributed by atoms with Crippen LogP contribution in [0.25, 0.3) is 0 Å². The van der Waals surface area contributed by atoms with Crippen molar-refractivity contribution in [2.75, 3.05) is 25.3 Å². The van der Waals surface area contributed by atoms with E-state index in [-0.39, 0.29) is 24.5 Å². The van der Waals surface area contributed by atoms with E-state index in [1.807, 2.05) is 30.3 Å². The maximum atomic E-state index is 11.9. The zero-order valence-corrected chi connectivity index (χ0v) is 15.9. The molecule has 4 rings (SSSR count). The molecule has 0 aromatic heterocycles. The Morgan fingerprint density at radius 2 is 2.00 bits per heavy atom. The van der Waals surface area contributed by atoms with E-state index in [0.29, 0.717) is 42.4 Å². The molecule has 2 aliphatic rings. The summed E-state index contributed by atoms with van der Waals surface area (Å²) in [6.45, 7) is 1.07. The molecule has 1 heterocycles. The number of carbonyl (C=O) groups is 1. The van der Waals surface area contributed by atoms with Crippen LogP contribution in [0.2, 0.25) is 0 Å². The molecule has 8 nitrogen and oxygen atoms in total. The number of hydrogen-bond donors (Lipinski definition) is 2. The lowest BCUT2D eigenvalue weighted by atomic mass is 10.2. The number of nitrogens with one attached hydrogen (secondary N) is 1. The number of ether oxygens (including phenoxy) is 3. The quantitative estimate of drug-likeness (QED) is 0.292. The van der Waals surface area contributed by atoms with Crippen LogP contribution in [0.4, 0.5) is 5.69 Å². The second kappa shape index (κ2) is 8.72. The maximum Gasteiger partial charge on any atom is 0.231 e. The van der Waals surface area contributed by atoms with Crippen molar-refractivity contribution >= 4 is 17.4 Å². The minimum Gasteiger partial charge on any atom is -0.493 e. The third-order valence-electron chi connectivity index (χ3n) is 4.53. The number of hydrogen-bond acceptors (Lipinski definition) is 6. The first kappa shape index (κ1) is 18.9. The Morgan fingerprint density at radius 1 is 1.14 bits per heavy atom. The molecule has 1 aliphatic carbocycles. The lowest BCUT2D eigenvalue weighted by Crippen LogP contribution is -2.16. The van der Waals surface area contributed by atoms with Gasteiger partial charge >= 0.3 is 0 Å². The topological polar surface area (TPSA) is 104 Å². The highest BCUT2D eigenvalue weighted by atomic mass is 16.7. The monoisotopic (exact) mass is 397 g/mol. The molecule has 0 saturated heterocycles. The highest BCUT2D eigenvalue weighted by Gasteiger charge is 2.29. The van der Waals surface area contributed by atoms with Crippen LogP contribution >= 0.6 is 0 Å². The Kier molecular flexibility index (Phi) is 5.69. The van der Waals surface area contributed by atoms with E-state index in [0.717, 1.165) is 18.6 Å². The minimum absolute atomic E-state index is 0.0522. The molecule has 1 fully saturated rings. The number of nitrogens with two attached hydrogens (primary N) is 1. The van der Waals surface area contributed by atoms with E-state index in [1.54, 1.807) is 12.1 Å². The van der Waals surface area contributed by atoms with Crippen LogP contribution in [-0.2, 0) is 9.63 Å². The molecular weight excluding hydrogens is 374 g/mol. The molecule has 29 heavy (non-hydrogen) atoms. The summed E-state index contributed by atoms with van der Waals surface area (Å²) >= 11 is 0. The first-order chi connectivity index (χ1) is 14.2. The summed E-state index contributed by atoms with van der Waals surface area (Å²) in [6.07, 6.45) is 2.56. The predicted molar refractivity (Wildman–Crippen MR) is 107 cm³/mol. The predicted octanol–water partition coefficient (Wildman–Crippen LogP) is 2.87. The van der Waals surface area contributed by atoms with Crippen LogP contribution in [0.15, 0.2) is 47.6 Å². The third-order valence-corrected chi connectivity index (χ3v) is 4.53. The molecule has 2 aromatic rings. The molecule has 152 valence electrons. The molecule has 8 heteroatoms. The highest BCUT2D eigenvalue weighted by Crippen LogP contribution is 2.35. The smallest absolute Gasteiger partial charge is 0.231 e. The van der Waals surface area contributed by atoms with E-state index in [9.17, 15) is 4.79 Å². The fraction of sp³-hybridized carbons (Fsp3) is 0.333. The average molecular weight is 397 g/mol. The van der Waals surface area contributed by atoms with Gasteiger partial charge in [-0.2, -0.15) is 0 Å². The Hall–Kier alpha value is -3.42. The lowest BCUT2D eigenvalue weighted by Gasteiger charge is -2.08. The van der Waals surface area contributed by atoms with Gasteiger partial charge in [-0.1, -0.05) is 17.3 Å². The first-order valence-corrected chi connectivity index (χ1v) is 9.58. The summed E-state index contributed by atoms with van der Waals surface area (Å²) in [5.41, 5.74) is 7.37. The van der Waals surface area contributed by atoms with Crippen LogP contribution in [0, 0.1) is 5.92 Å². The van der Waals surface area contributed by atoms with Gasteiger partial charge in [0.15, 0.2) is 17.3 Å². The molecule has 3 N–H and O–H groups in total. The van der Waals surface area contributed by atoms with Gasteiger partial charge < -0.3 is 30.1 Å². The molecule has 0 unspecified atom stereocenters. The van der Waals surface area contributed by atoms with E-state index < -0.39 is 0 Å².